The summed E-state index contributed by atoms with van der Waals surface area (Å²) in [5, 5.41) is 13.8. The molecular weight excluding hydrogens is 246 g/mol. The smallest absolute Gasteiger partial charge is 0.250 e. The van der Waals surface area contributed by atoms with Gasteiger partial charge in [0.05, 0.1) is 5.69 Å². The molecule has 100 valence electrons. The highest BCUT2D eigenvalue weighted by molar-refractivity contribution is 5.92. The van der Waals surface area contributed by atoms with Gasteiger partial charge in [-0.25, -0.2) is 4.68 Å². The number of aryl methyl sites for hydroxylation is 1. The molecule has 2 rings (SSSR count). The third-order valence-electron chi connectivity index (χ3n) is 2.53. The minimum Gasteiger partial charge on any atom is -0.372 e. The molecule has 1 heterocycles. The highest BCUT2D eigenvalue weighted by Gasteiger charge is 2.07. The Hall–Kier alpha value is -2.28. The van der Waals surface area contributed by atoms with Crippen molar-refractivity contribution in [1.82, 2.24) is 20.2 Å². The van der Waals surface area contributed by atoms with Crippen LogP contribution in [-0.4, -0.2) is 39.3 Å². The van der Waals surface area contributed by atoms with Gasteiger partial charge in [0.2, 0.25) is 5.91 Å². The number of amides is 1. The van der Waals surface area contributed by atoms with Crippen molar-refractivity contribution in [3.63, 3.8) is 0 Å². The molecule has 19 heavy (non-hydrogen) atoms. The van der Waals surface area contributed by atoms with Crippen molar-refractivity contribution in [3.8, 4) is 5.69 Å². The first-order valence-electron chi connectivity index (χ1n) is 5.92. The largest absolute Gasteiger partial charge is 0.372 e. The van der Waals surface area contributed by atoms with Crippen molar-refractivity contribution in [2.24, 2.45) is 0 Å². The molecular formula is C12H15N5O2. The second-order valence-electron chi connectivity index (χ2n) is 3.94. The topological polar surface area (TPSA) is 81.9 Å². The highest BCUT2D eigenvalue weighted by atomic mass is 16.5. The third-order valence-corrected chi connectivity index (χ3v) is 2.53. The number of hydrogen-bond acceptors (Lipinski definition) is 5. The minimum atomic E-state index is -0.187. The van der Waals surface area contributed by atoms with Crippen molar-refractivity contribution in [1.29, 1.82) is 0 Å². The number of ether oxygens (including phenoxy) is 1. The Balaban J connectivity index is 2.15. The SMILES string of the molecule is CCOCC(=O)Nc1ccc(C)c(-n2cnnn2)c1. The molecule has 1 aromatic carbocycles. The molecule has 0 radical (unpaired) electrons. The molecule has 0 aliphatic rings. The van der Waals surface area contributed by atoms with Gasteiger partial charge in [0, 0.05) is 12.3 Å². The number of nitrogens with zero attached hydrogens (tertiary/aromatic N) is 4. The molecule has 0 atom stereocenters. The summed E-state index contributed by atoms with van der Waals surface area (Å²) < 4.78 is 6.59. The molecule has 1 amide bonds. The van der Waals surface area contributed by atoms with Crippen LogP contribution in [0.2, 0.25) is 0 Å². The Bertz CT molecular complexity index is 553. The molecule has 1 aromatic heterocycles. The Morgan fingerprint density at radius 2 is 2.32 bits per heavy atom. The summed E-state index contributed by atoms with van der Waals surface area (Å²) in [5.74, 6) is -0.187. The molecule has 7 nitrogen and oxygen atoms in total. The summed E-state index contributed by atoms with van der Waals surface area (Å²) >= 11 is 0. The van der Waals surface area contributed by atoms with Gasteiger partial charge < -0.3 is 10.1 Å². The van der Waals surface area contributed by atoms with Gasteiger partial charge in [-0.2, -0.15) is 0 Å². The van der Waals surface area contributed by atoms with E-state index in [1.54, 1.807) is 4.68 Å². The van der Waals surface area contributed by atoms with Gasteiger partial charge in [-0.15, -0.1) is 5.10 Å². The first kappa shape index (κ1) is 13.2. The van der Waals surface area contributed by atoms with Gasteiger partial charge in [0.15, 0.2) is 0 Å². The maximum atomic E-state index is 11.6. The predicted octanol–water partition coefficient (Wildman–Crippen LogP) is 0.946. The van der Waals surface area contributed by atoms with Crippen LogP contribution in [0.25, 0.3) is 5.69 Å². The van der Waals surface area contributed by atoms with Gasteiger partial charge in [0.25, 0.3) is 0 Å². The first-order chi connectivity index (χ1) is 9.20. The number of benzene rings is 1. The van der Waals surface area contributed by atoms with E-state index in [2.05, 4.69) is 20.8 Å². The van der Waals surface area contributed by atoms with Crippen molar-refractivity contribution in [2.75, 3.05) is 18.5 Å². The minimum absolute atomic E-state index is 0.0462. The van der Waals surface area contributed by atoms with Crippen LogP contribution in [0, 0.1) is 6.92 Å². The van der Waals surface area contributed by atoms with Gasteiger partial charge in [-0.05, 0) is 42.0 Å². The van der Waals surface area contributed by atoms with Gasteiger partial charge >= 0.3 is 0 Å². The Labute approximate surface area is 110 Å². The number of hydrogen-bond donors (Lipinski definition) is 1. The van der Waals surface area contributed by atoms with E-state index in [0.717, 1.165) is 11.3 Å². The summed E-state index contributed by atoms with van der Waals surface area (Å²) in [7, 11) is 0. The number of carbonyl (C=O) groups excluding carboxylic acids is 1. The fourth-order valence-electron chi connectivity index (χ4n) is 1.60. The Morgan fingerprint density at radius 3 is 3.00 bits per heavy atom. The number of nitrogens with one attached hydrogen (secondary N) is 1. The van der Waals surface area contributed by atoms with E-state index in [1.807, 2.05) is 32.0 Å². The van der Waals surface area contributed by atoms with Crippen molar-refractivity contribution in [3.05, 3.63) is 30.1 Å². The lowest BCUT2D eigenvalue weighted by Crippen LogP contribution is -2.18. The van der Waals surface area contributed by atoms with Crippen LogP contribution >= 0.6 is 0 Å². The molecule has 0 fully saturated rings. The predicted molar refractivity (Wildman–Crippen MR) is 69.0 cm³/mol. The summed E-state index contributed by atoms with van der Waals surface area (Å²) in [6, 6.07) is 5.54. The van der Waals surface area contributed by atoms with E-state index in [-0.39, 0.29) is 12.5 Å². The Kier molecular flexibility index (Phi) is 4.19. The van der Waals surface area contributed by atoms with E-state index in [9.17, 15) is 4.79 Å². The molecule has 0 saturated carbocycles. The van der Waals surface area contributed by atoms with Gasteiger partial charge in [-0.3, -0.25) is 4.79 Å². The van der Waals surface area contributed by atoms with Crippen molar-refractivity contribution < 1.29 is 9.53 Å². The van der Waals surface area contributed by atoms with Crippen LogP contribution < -0.4 is 5.32 Å². The molecule has 0 saturated heterocycles. The lowest BCUT2D eigenvalue weighted by atomic mass is 10.2. The zero-order valence-electron chi connectivity index (χ0n) is 10.8. The average molecular weight is 261 g/mol. The van der Waals surface area contributed by atoms with E-state index >= 15 is 0 Å². The standard InChI is InChI=1S/C12H15N5O2/c1-3-19-7-12(18)14-10-5-4-9(2)11(6-10)17-8-13-15-16-17/h4-6,8H,3,7H2,1-2H3,(H,14,18). The lowest BCUT2D eigenvalue weighted by Gasteiger charge is -2.09. The van der Waals surface area contributed by atoms with Crippen LogP contribution in [0.4, 0.5) is 5.69 Å². The summed E-state index contributed by atoms with van der Waals surface area (Å²) in [5.41, 5.74) is 2.51. The molecule has 2 aromatic rings. The molecule has 0 spiro atoms. The Morgan fingerprint density at radius 1 is 1.47 bits per heavy atom. The number of carbonyl (C=O) groups is 1. The molecule has 7 heteroatoms. The molecule has 0 unspecified atom stereocenters. The van der Waals surface area contributed by atoms with Crippen molar-refractivity contribution >= 4 is 11.6 Å². The third kappa shape index (κ3) is 3.35. The van der Waals surface area contributed by atoms with Crippen LogP contribution in [0.15, 0.2) is 24.5 Å². The summed E-state index contributed by atoms with van der Waals surface area (Å²) in [6.45, 7) is 4.35. The van der Waals surface area contributed by atoms with Gasteiger partial charge in [-0.1, -0.05) is 6.07 Å². The number of rotatable bonds is 5. The van der Waals surface area contributed by atoms with E-state index < -0.39 is 0 Å². The monoisotopic (exact) mass is 261 g/mol. The van der Waals surface area contributed by atoms with Gasteiger partial charge in [0.1, 0.15) is 12.9 Å². The first-order valence-corrected chi connectivity index (χ1v) is 5.92. The molecule has 0 bridgehead atoms. The van der Waals surface area contributed by atoms with Crippen LogP contribution in [-0.2, 0) is 9.53 Å². The summed E-state index contributed by atoms with van der Waals surface area (Å²) in [6.07, 6.45) is 1.51. The maximum absolute atomic E-state index is 11.6. The normalized spacial score (nSPS) is 10.4. The fraction of sp³-hybridized carbons (Fsp3) is 0.333. The van der Waals surface area contributed by atoms with Crippen LogP contribution in [0.1, 0.15) is 12.5 Å². The zero-order valence-corrected chi connectivity index (χ0v) is 10.8. The highest BCUT2D eigenvalue weighted by Crippen LogP contribution is 2.18. The van der Waals surface area contributed by atoms with Crippen LogP contribution in [0.5, 0.6) is 0 Å². The maximum Gasteiger partial charge on any atom is 0.250 e. The number of aromatic nitrogens is 4. The van der Waals surface area contributed by atoms with Crippen LogP contribution in [0.3, 0.4) is 0 Å². The van der Waals surface area contributed by atoms with Crippen molar-refractivity contribution in [2.45, 2.75) is 13.8 Å². The molecule has 0 aliphatic heterocycles. The lowest BCUT2D eigenvalue weighted by molar-refractivity contribution is -0.120. The summed E-state index contributed by atoms with van der Waals surface area (Å²) in [4.78, 5) is 11.6. The number of anilines is 1. The van der Waals surface area contributed by atoms with E-state index in [1.165, 1.54) is 6.33 Å². The van der Waals surface area contributed by atoms with E-state index in [0.29, 0.717) is 12.3 Å². The molecule has 0 aliphatic carbocycles. The molecule has 1 N–H and O–H groups in total. The second kappa shape index (κ2) is 6.05. The zero-order chi connectivity index (χ0) is 13.7. The number of tetrazole rings is 1. The quantitative estimate of drug-likeness (QED) is 0.866. The average Bonchev–Trinajstić information content (AvgIpc) is 2.92. The van der Waals surface area contributed by atoms with E-state index in [4.69, 9.17) is 4.74 Å². The second-order valence-corrected chi connectivity index (χ2v) is 3.94. The fourth-order valence-corrected chi connectivity index (χ4v) is 1.60.